The lowest BCUT2D eigenvalue weighted by Crippen LogP contribution is -2.43. The Hall–Kier alpha value is -1.32. The Labute approximate surface area is 129 Å². The number of aromatic nitrogens is 2. The fourth-order valence-electron chi connectivity index (χ4n) is 3.04. The summed E-state index contributed by atoms with van der Waals surface area (Å²) in [6.45, 7) is 13.2. The summed E-state index contributed by atoms with van der Waals surface area (Å²) < 4.78 is 0. The van der Waals surface area contributed by atoms with E-state index >= 15 is 0 Å². The zero-order valence-electron chi connectivity index (χ0n) is 14.2. The average Bonchev–Trinajstić information content (AvgIpc) is 2.49. The van der Waals surface area contributed by atoms with Crippen molar-refractivity contribution in [1.29, 1.82) is 0 Å². The van der Waals surface area contributed by atoms with Gasteiger partial charge >= 0.3 is 0 Å². The van der Waals surface area contributed by atoms with Gasteiger partial charge in [0.25, 0.3) is 0 Å². The van der Waals surface area contributed by atoms with Crippen LogP contribution in [0.1, 0.15) is 58.3 Å². The molecular weight excluding hydrogens is 260 g/mol. The number of aryl methyl sites for hydroxylation is 1. The summed E-state index contributed by atoms with van der Waals surface area (Å²) in [7, 11) is 0. The molecule has 21 heavy (non-hydrogen) atoms. The van der Waals surface area contributed by atoms with Crippen LogP contribution in [0.3, 0.4) is 0 Å². The topological polar surface area (TPSA) is 41.1 Å². The third-order valence-corrected chi connectivity index (χ3v) is 4.67. The Kier molecular flexibility index (Phi) is 5.43. The Balaban J connectivity index is 2.36. The number of nitrogens with zero attached hydrogens (tertiary/aromatic N) is 3. The minimum atomic E-state index is 0.552. The monoisotopic (exact) mass is 290 g/mol. The Morgan fingerprint density at radius 3 is 2.67 bits per heavy atom. The summed E-state index contributed by atoms with van der Waals surface area (Å²) in [5.74, 6) is 3.83. The highest BCUT2D eigenvalue weighted by Crippen LogP contribution is 2.31. The second kappa shape index (κ2) is 7.10. The summed E-state index contributed by atoms with van der Waals surface area (Å²) in [6.07, 6.45) is 4.57. The molecule has 0 aliphatic carbocycles. The van der Waals surface area contributed by atoms with E-state index in [4.69, 9.17) is 4.98 Å². The van der Waals surface area contributed by atoms with Crippen LogP contribution in [-0.4, -0.2) is 29.1 Å². The molecular formula is C17H30N4. The van der Waals surface area contributed by atoms with Crippen molar-refractivity contribution in [3.05, 3.63) is 11.4 Å². The molecule has 1 aliphatic heterocycles. The Bertz CT molecular complexity index is 472. The minimum Gasteiger partial charge on any atom is -0.370 e. The molecule has 0 amide bonds. The van der Waals surface area contributed by atoms with Crippen molar-refractivity contribution in [2.45, 2.75) is 66.3 Å². The van der Waals surface area contributed by atoms with E-state index < -0.39 is 0 Å². The highest BCUT2D eigenvalue weighted by molar-refractivity contribution is 5.59. The van der Waals surface area contributed by atoms with Gasteiger partial charge in [0, 0.05) is 31.1 Å². The number of anilines is 2. The van der Waals surface area contributed by atoms with Crippen molar-refractivity contribution >= 4 is 11.6 Å². The van der Waals surface area contributed by atoms with E-state index in [2.05, 4.69) is 49.8 Å². The van der Waals surface area contributed by atoms with Gasteiger partial charge in [0.05, 0.1) is 0 Å². The number of rotatable bonds is 5. The van der Waals surface area contributed by atoms with Crippen molar-refractivity contribution in [2.24, 2.45) is 5.92 Å². The van der Waals surface area contributed by atoms with E-state index in [0.717, 1.165) is 49.3 Å². The lowest BCUT2D eigenvalue weighted by atomic mass is 9.92. The number of hydrogen-bond donors (Lipinski definition) is 1. The first-order chi connectivity index (χ1) is 10.1. The van der Waals surface area contributed by atoms with Crippen molar-refractivity contribution in [3.63, 3.8) is 0 Å². The van der Waals surface area contributed by atoms with Gasteiger partial charge in [-0.3, -0.25) is 0 Å². The van der Waals surface area contributed by atoms with Gasteiger partial charge < -0.3 is 10.2 Å². The van der Waals surface area contributed by atoms with Crippen LogP contribution < -0.4 is 10.2 Å². The molecule has 0 saturated carbocycles. The smallest absolute Gasteiger partial charge is 0.137 e. The molecule has 1 saturated heterocycles. The quantitative estimate of drug-likeness (QED) is 0.895. The molecule has 4 heteroatoms. The molecule has 118 valence electrons. The summed E-state index contributed by atoms with van der Waals surface area (Å²) >= 11 is 0. The third-order valence-electron chi connectivity index (χ3n) is 4.67. The van der Waals surface area contributed by atoms with Gasteiger partial charge in [0.15, 0.2) is 0 Å². The van der Waals surface area contributed by atoms with Crippen LogP contribution in [0.5, 0.6) is 0 Å². The predicted octanol–water partition coefficient (Wildman–Crippen LogP) is 3.79. The maximum atomic E-state index is 4.84. The van der Waals surface area contributed by atoms with Crippen LogP contribution in [0.4, 0.5) is 11.6 Å². The van der Waals surface area contributed by atoms with Crippen molar-refractivity contribution in [2.75, 3.05) is 23.3 Å². The number of piperidine rings is 1. The van der Waals surface area contributed by atoms with E-state index in [1.54, 1.807) is 0 Å². The zero-order chi connectivity index (χ0) is 15.4. The molecule has 1 aliphatic rings. The fourth-order valence-corrected chi connectivity index (χ4v) is 3.04. The molecule has 1 aromatic rings. The van der Waals surface area contributed by atoms with Gasteiger partial charge in [0.2, 0.25) is 0 Å². The highest BCUT2D eigenvalue weighted by Gasteiger charge is 2.27. The average molecular weight is 290 g/mol. The molecule has 2 atom stereocenters. The first kappa shape index (κ1) is 16.1. The molecule has 0 spiro atoms. The zero-order valence-corrected chi connectivity index (χ0v) is 14.2. The molecule has 1 N–H and O–H groups in total. The predicted molar refractivity (Wildman–Crippen MR) is 90.1 cm³/mol. The molecule has 1 fully saturated rings. The molecule has 4 nitrogen and oxygen atoms in total. The van der Waals surface area contributed by atoms with E-state index in [0.29, 0.717) is 6.04 Å². The first-order valence-corrected chi connectivity index (χ1v) is 8.46. The molecule has 0 radical (unpaired) electrons. The van der Waals surface area contributed by atoms with Crippen LogP contribution >= 0.6 is 0 Å². The normalized spacial score (nSPS) is 22.4. The van der Waals surface area contributed by atoms with Gasteiger partial charge in [-0.15, -0.1) is 0 Å². The fraction of sp³-hybridized carbons (Fsp3) is 0.765. The van der Waals surface area contributed by atoms with Gasteiger partial charge in [-0.1, -0.05) is 20.8 Å². The Morgan fingerprint density at radius 2 is 2.00 bits per heavy atom. The summed E-state index contributed by atoms with van der Waals surface area (Å²) in [6, 6.07) is 0.552. The molecule has 2 unspecified atom stereocenters. The Morgan fingerprint density at radius 1 is 1.24 bits per heavy atom. The minimum absolute atomic E-state index is 0.552. The van der Waals surface area contributed by atoms with E-state index in [9.17, 15) is 0 Å². The number of nitrogens with one attached hydrogen (secondary N) is 1. The summed E-state index contributed by atoms with van der Waals surface area (Å²) in [5.41, 5.74) is 1.20. The summed E-state index contributed by atoms with van der Waals surface area (Å²) in [5, 5.41) is 3.47. The van der Waals surface area contributed by atoms with Gasteiger partial charge in [-0.25, -0.2) is 9.97 Å². The van der Waals surface area contributed by atoms with Crippen LogP contribution in [0, 0.1) is 12.8 Å². The lowest BCUT2D eigenvalue weighted by molar-refractivity contribution is 0.361. The van der Waals surface area contributed by atoms with Crippen molar-refractivity contribution in [1.82, 2.24) is 9.97 Å². The van der Waals surface area contributed by atoms with E-state index in [1.807, 2.05) is 0 Å². The third kappa shape index (κ3) is 3.47. The molecule has 2 heterocycles. The van der Waals surface area contributed by atoms with E-state index in [-0.39, 0.29) is 0 Å². The molecule has 0 aromatic carbocycles. The van der Waals surface area contributed by atoms with Crippen LogP contribution in [0.25, 0.3) is 0 Å². The standard InChI is InChI=1S/C17H30N4/c1-6-10-18-16-13(4)17(20-15(7-2)19-16)21-11-8-9-12(3)14(21)5/h12,14H,6-11H2,1-5H3,(H,18,19,20). The summed E-state index contributed by atoms with van der Waals surface area (Å²) in [4.78, 5) is 12.0. The van der Waals surface area contributed by atoms with Gasteiger partial charge in [0.1, 0.15) is 17.5 Å². The first-order valence-electron chi connectivity index (χ1n) is 8.46. The largest absolute Gasteiger partial charge is 0.370 e. The van der Waals surface area contributed by atoms with Crippen LogP contribution in [-0.2, 0) is 6.42 Å². The van der Waals surface area contributed by atoms with Gasteiger partial charge in [-0.2, -0.15) is 0 Å². The highest BCUT2D eigenvalue weighted by atomic mass is 15.2. The van der Waals surface area contributed by atoms with Gasteiger partial charge in [-0.05, 0) is 39.0 Å². The van der Waals surface area contributed by atoms with Crippen molar-refractivity contribution < 1.29 is 0 Å². The second-order valence-electron chi connectivity index (χ2n) is 6.27. The molecule has 0 bridgehead atoms. The lowest BCUT2D eigenvalue weighted by Gasteiger charge is -2.39. The SMILES string of the molecule is CCCNc1nc(CC)nc(N2CCCC(C)C2C)c1C. The van der Waals surface area contributed by atoms with Crippen LogP contribution in [0.2, 0.25) is 0 Å². The molecule has 1 aromatic heterocycles. The maximum absolute atomic E-state index is 4.84. The molecule has 2 rings (SSSR count). The van der Waals surface area contributed by atoms with Crippen LogP contribution in [0.15, 0.2) is 0 Å². The van der Waals surface area contributed by atoms with E-state index in [1.165, 1.54) is 18.4 Å². The number of hydrogen-bond acceptors (Lipinski definition) is 4. The maximum Gasteiger partial charge on any atom is 0.137 e. The second-order valence-corrected chi connectivity index (χ2v) is 6.27. The van der Waals surface area contributed by atoms with Crippen molar-refractivity contribution in [3.8, 4) is 0 Å².